The van der Waals surface area contributed by atoms with Gasteiger partial charge in [-0.3, -0.25) is 4.79 Å². The number of halogens is 2. The Balaban J connectivity index is 0.00000196. The van der Waals surface area contributed by atoms with E-state index in [0.717, 1.165) is 5.56 Å². The number of hydrogen-bond acceptors (Lipinski definition) is 2. The number of carbonyl (C=O) groups is 1. The van der Waals surface area contributed by atoms with E-state index in [1.54, 1.807) is 19.1 Å². The third kappa shape index (κ3) is 4.76. The van der Waals surface area contributed by atoms with Crippen molar-refractivity contribution in [3.63, 3.8) is 0 Å². The zero-order chi connectivity index (χ0) is 10.6. The van der Waals surface area contributed by atoms with Crippen molar-refractivity contribution in [2.75, 3.05) is 0 Å². The molecule has 3 nitrogen and oxygen atoms in total. The van der Waals surface area contributed by atoms with Gasteiger partial charge in [0.25, 0.3) is 0 Å². The molecular formula is C10H14ClFN2O. The predicted octanol–water partition coefficient (Wildman–Crippen LogP) is 1.21. The molecule has 84 valence electrons. The summed E-state index contributed by atoms with van der Waals surface area (Å²) in [6.45, 7) is 2.19. The number of amides is 1. The van der Waals surface area contributed by atoms with Crippen molar-refractivity contribution in [1.29, 1.82) is 0 Å². The quantitative estimate of drug-likeness (QED) is 0.820. The molecule has 0 heterocycles. The first-order chi connectivity index (χ1) is 6.59. The summed E-state index contributed by atoms with van der Waals surface area (Å²) in [6.07, 6.45) is 0. The second kappa shape index (κ2) is 6.37. The van der Waals surface area contributed by atoms with E-state index in [0.29, 0.717) is 6.54 Å². The maximum Gasteiger partial charge on any atom is 0.234 e. The molecule has 0 bridgehead atoms. The third-order valence-corrected chi connectivity index (χ3v) is 1.95. The van der Waals surface area contributed by atoms with E-state index >= 15 is 0 Å². The first-order valence-electron chi connectivity index (χ1n) is 4.36. The van der Waals surface area contributed by atoms with Crippen molar-refractivity contribution in [2.24, 2.45) is 5.73 Å². The molecule has 0 aliphatic heterocycles. The van der Waals surface area contributed by atoms with Gasteiger partial charge < -0.3 is 11.1 Å². The maximum absolute atomic E-state index is 12.5. The fourth-order valence-electron chi connectivity index (χ4n) is 0.974. The van der Waals surface area contributed by atoms with Gasteiger partial charge in [0.05, 0.1) is 6.04 Å². The van der Waals surface area contributed by atoms with Crippen LogP contribution >= 0.6 is 12.4 Å². The Kier molecular flexibility index (Phi) is 5.89. The van der Waals surface area contributed by atoms with E-state index in [9.17, 15) is 9.18 Å². The minimum absolute atomic E-state index is 0. The summed E-state index contributed by atoms with van der Waals surface area (Å²) in [5.41, 5.74) is 5.98. The lowest BCUT2D eigenvalue weighted by Crippen LogP contribution is -2.38. The topological polar surface area (TPSA) is 55.1 Å². The van der Waals surface area contributed by atoms with Gasteiger partial charge in [0.1, 0.15) is 5.82 Å². The molecule has 0 saturated heterocycles. The van der Waals surface area contributed by atoms with Crippen LogP contribution in [0.15, 0.2) is 24.3 Å². The van der Waals surface area contributed by atoms with Crippen molar-refractivity contribution in [3.05, 3.63) is 35.6 Å². The summed E-state index contributed by atoms with van der Waals surface area (Å²) in [6, 6.07) is 5.71. The second-order valence-corrected chi connectivity index (χ2v) is 3.13. The number of primary amides is 1. The second-order valence-electron chi connectivity index (χ2n) is 3.13. The molecule has 0 aromatic heterocycles. The van der Waals surface area contributed by atoms with Crippen molar-refractivity contribution < 1.29 is 9.18 Å². The number of rotatable bonds is 4. The molecule has 0 aliphatic carbocycles. The fourth-order valence-corrected chi connectivity index (χ4v) is 0.974. The van der Waals surface area contributed by atoms with Crippen molar-refractivity contribution in [2.45, 2.75) is 19.5 Å². The summed E-state index contributed by atoms with van der Waals surface area (Å²) < 4.78 is 12.5. The minimum atomic E-state index is -0.396. The van der Waals surface area contributed by atoms with Crippen LogP contribution in [0.25, 0.3) is 0 Å². The summed E-state index contributed by atoms with van der Waals surface area (Å²) in [5, 5.41) is 2.92. The first kappa shape index (κ1) is 13.9. The molecular weight excluding hydrogens is 219 g/mol. The van der Waals surface area contributed by atoms with Crippen LogP contribution in [0.5, 0.6) is 0 Å². The molecule has 1 atom stereocenters. The van der Waals surface area contributed by atoms with Crippen LogP contribution in [0.4, 0.5) is 4.39 Å². The van der Waals surface area contributed by atoms with Gasteiger partial charge in [0, 0.05) is 6.54 Å². The number of benzene rings is 1. The van der Waals surface area contributed by atoms with Gasteiger partial charge in [-0.2, -0.15) is 0 Å². The van der Waals surface area contributed by atoms with Gasteiger partial charge in [0.15, 0.2) is 0 Å². The van der Waals surface area contributed by atoms with E-state index in [4.69, 9.17) is 5.73 Å². The third-order valence-electron chi connectivity index (χ3n) is 1.95. The highest BCUT2D eigenvalue weighted by Crippen LogP contribution is 2.02. The maximum atomic E-state index is 12.5. The van der Waals surface area contributed by atoms with Crippen LogP contribution in [0.1, 0.15) is 12.5 Å². The van der Waals surface area contributed by atoms with Gasteiger partial charge in [-0.15, -0.1) is 12.4 Å². The summed E-state index contributed by atoms with van der Waals surface area (Å²) >= 11 is 0. The molecule has 5 heteroatoms. The van der Waals surface area contributed by atoms with Crippen LogP contribution in [0.3, 0.4) is 0 Å². The van der Waals surface area contributed by atoms with E-state index < -0.39 is 5.91 Å². The molecule has 1 rings (SSSR count). The van der Waals surface area contributed by atoms with Crippen molar-refractivity contribution in [1.82, 2.24) is 5.32 Å². The van der Waals surface area contributed by atoms with E-state index in [1.165, 1.54) is 12.1 Å². The fraction of sp³-hybridized carbons (Fsp3) is 0.300. The Morgan fingerprint density at radius 1 is 1.47 bits per heavy atom. The molecule has 0 saturated carbocycles. The molecule has 0 aliphatic rings. The molecule has 0 fully saturated rings. The van der Waals surface area contributed by atoms with Gasteiger partial charge in [-0.05, 0) is 24.6 Å². The van der Waals surface area contributed by atoms with E-state index in [-0.39, 0.29) is 24.3 Å². The predicted molar refractivity (Wildman–Crippen MR) is 59.1 cm³/mol. The molecule has 1 aromatic carbocycles. The highest BCUT2D eigenvalue weighted by Gasteiger charge is 2.06. The van der Waals surface area contributed by atoms with Gasteiger partial charge >= 0.3 is 0 Å². The molecule has 0 radical (unpaired) electrons. The lowest BCUT2D eigenvalue weighted by atomic mass is 10.2. The van der Waals surface area contributed by atoms with Crippen molar-refractivity contribution in [3.8, 4) is 0 Å². The Bertz CT molecular complexity index is 316. The van der Waals surface area contributed by atoms with Gasteiger partial charge in [0.2, 0.25) is 5.91 Å². The highest BCUT2D eigenvalue weighted by molar-refractivity contribution is 5.85. The van der Waals surface area contributed by atoms with Crippen LogP contribution in [-0.2, 0) is 11.3 Å². The average Bonchev–Trinajstić information content (AvgIpc) is 2.16. The molecule has 0 spiro atoms. The monoisotopic (exact) mass is 232 g/mol. The van der Waals surface area contributed by atoms with Crippen LogP contribution in [0, 0.1) is 5.82 Å². The number of hydrogen-bond donors (Lipinski definition) is 2. The largest absolute Gasteiger partial charge is 0.368 e. The number of carbonyl (C=O) groups excluding carboxylic acids is 1. The Labute approximate surface area is 94.3 Å². The SMILES string of the molecule is C[C@H](NCc1ccc(F)cc1)C(N)=O.Cl. The number of nitrogens with two attached hydrogens (primary N) is 1. The van der Waals surface area contributed by atoms with Crippen LogP contribution in [-0.4, -0.2) is 11.9 Å². The Hall–Kier alpha value is -1.13. The average molecular weight is 233 g/mol. The molecule has 1 aromatic rings. The lowest BCUT2D eigenvalue weighted by Gasteiger charge is -2.09. The highest BCUT2D eigenvalue weighted by atomic mass is 35.5. The lowest BCUT2D eigenvalue weighted by molar-refractivity contribution is -0.119. The smallest absolute Gasteiger partial charge is 0.234 e. The molecule has 15 heavy (non-hydrogen) atoms. The number of nitrogens with one attached hydrogen (secondary N) is 1. The molecule has 3 N–H and O–H groups in total. The zero-order valence-electron chi connectivity index (χ0n) is 8.37. The van der Waals surface area contributed by atoms with Gasteiger partial charge in [-0.1, -0.05) is 12.1 Å². The summed E-state index contributed by atoms with van der Waals surface area (Å²) in [4.78, 5) is 10.7. The van der Waals surface area contributed by atoms with Crippen molar-refractivity contribution >= 4 is 18.3 Å². The molecule has 0 unspecified atom stereocenters. The van der Waals surface area contributed by atoms with Crippen LogP contribution < -0.4 is 11.1 Å². The first-order valence-corrected chi connectivity index (χ1v) is 4.36. The minimum Gasteiger partial charge on any atom is -0.368 e. The van der Waals surface area contributed by atoms with E-state index in [1.807, 2.05) is 0 Å². The Morgan fingerprint density at radius 2 is 2.00 bits per heavy atom. The standard InChI is InChI=1S/C10H13FN2O.ClH/c1-7(10(12)14)13-6-8-2-4-9(11)5-3-8;/h2-5,7,13H,6H2,1H3,(H2,12,14);1H/t7-;/m0./s1. The summed E-state index contributed by atoms with van der Waals surface area (Å²) in [5.74, 6) is -0.663. The van der Waals surface area contributed by atoms with E-state index in [2.05, 4.69) is 5.32 Å². The summed E-state index contributed by atoms with van der Waals surface area (Å²) in [7, 11) is 0. The zero-order valence-corrected chi connectivity index (χ0v) is 9.18. The molecule has 1 amide bonds. The van der Waals surface area contributed by atoms with Crippen LogP contribution in [0.2, 0.25) is 0 Å². The normalized spacial score (nSPS) is 11.6. The van der Waals surface area contributed by atoms with Gasteiger partial charge in [-0.25, -0.2) is 4.39 Å². The Morgan fingerprint density at radius 3 is 2.47 bits per heavy atom.